The third-order valence-electron chi connectivity index (χ3n) is 5.38. The van der Waals surface area contributed by atoms with E-state index < -0.39 is 10.0 Å². The molecule has 0 unspecified atom stereocenters. The maximum atomic E-state index is 13.1. The molecule has 0 atom stereocenters. The highest BCUT2D eigenvalue weighted by atomic mass is 35.5. The number of piperidine rings is 1. The lowest BCUT2D eigenvalue weighted by molar-refractivity contribution is -0.120. The first kappa shape index (κ1) is 21.7. The number of rotatable bonds is 5. The fourth-order valence-corrected chi connectivity index (χ4v) is 5.60. The largest absolute Gasteiger partial charge is 0.495 e. The fraction of sp³-hybridized carbons (Fsp3) is 0.381. The summed E-state index contributed by atoms with van der Waals surface area (Å²) in [5.74, 6) is 1.05. The van der Waals surface area contributed by atoms with Gasteiger partial charge in [0.25, 0.3) is 0 Å². The van der Waals surface area contributed by atoms with E-state index in [-0.39, 0.29) is 35.6 Å². The Morgan fingerprint density at radius 1 is 1.10 bits per heavy atom. The van der Waals surface area contributed by atoms with Gasteiger partial charge in [0.15, 0.2) is 11.5 Å². The van der Waals surface area contributed by atoms with Gasteiger partial charge in [-0.2, -0.15) is 4.31 Å². The predicted molar refractivity (Wildman–Crippen MR) is 116 cm³/mol. The van der Waals surface area contributed by atoms with Crippen molar-refractivity contribution in [2.24, 2.45) is 5.92 Å². The number of halogens is 1. The Labute approximate surface area is 186 Å². The number of methoxy groups -OCH3 is 1. The number of anilines is 1. The number of sulfonamides is 1. The summed E-state index contributed by atoms with van der Waals surface area (Å²) in [7, 11) is -2.37. The Morgan fingerprint density at radius 2 is 1.81 bits per heavy atom. The summed E-state index contributed by atoms with van der Waals surface area (Å²) in [5.41, 5.74) is 0.618. The van der Waals surface area contributed by atoms with E-state index in [2.05, 4.69) is 5.32 Å². The molecule has 2 aliphatic heterocycles. The second-order valence-electron chi connectivity index (χ2n) is 7.32. The molecule has 8 nitrogen and oxygen atoms in total. The van der Waals surface area contributed by atoms with Crippen molar-refractivity contribution in [1.29, 1.82) is 0 Å². The lowest BCUT2D eigenvalue weighted by Gasteiger charge is -2.31. The topological polar surface area (TPSA) is 94.2 Å². The molecular weight excluding hydrogens is 444 g/mol. The Bertz CT molecular complexity index is 1080. The zero-order chi connectivity index (χ0) is 22.0. The Balaban J connectivity index is 1.40. The number of carbonyl (C=O) groups is 1. The van der Waals surface area contributed by atoms with Crippen molar-refractivity contribution < 1.29 is 27.4 Å². The SMILES string of the molecule is COc1ccc(Cl)cc1S(=O)(=O)N1CCC(C(=O)Nc2ccc3c(c2)OCCO3)CC1. The first-order valence-electron chi connectivity index (χ1n) is 9.92. The lowest BCUT2D eigenvalue weighted by Crippen LogP contribution is -2.41. The van der Waals surface area contributed by atoms with Crippen LogP contribution in [0.25, 0.3) is 0 Å². The summed E-state index contributed by atoms with van der Waals surface area (Å²) in [4.78, 5) is 12.7. The number of hydrogen-bond acceptors (Lipinski definition) is 6. The summed E-state index contributed by atoms with van der Waals surface area (Å²) in [6.45, 7) is 1.43. The van der Waals surface area contributed by atoms with E-state index >= 15 is 0 Å². The third-order valence-corrected chi connectivity index (χ3v) is 7.53. The summed E-state index contributed by atoms with van der Waals surface area (Å²) < 4.78 is 43.8. The Kier molecular flexibility index (Phi) is 6.27. The molecule has 0 spiro atoms. The van der Waals surface area contributed by atoms with Crippen LogP contribution in [0.4, 0.5) is 5.69 Å². The molecule has 4 rings (SSSR count). The minimum absolute atomic E-state index is 0.0293. The number of ether oxygens (including phenoxy) is 3. The van der Waals surface area contributed by atoms with Crippen LogP contribution in [0.3, 0.4) is 0 Å². The molecule has 2 heterocycles. The molecule has 2 aliphatic rings. The quantitative estimate of drug-likeness (QED) is 0.727. The van der Waals surface area contributed by atoms with Crippen LogP contribution in [0.2, 0.25) is 5.02 Å². The highest BCUT2D eigenvalue weighted by Crippen LogP contribution is 2.34. The van der Waals surface area contributed by atoms with Crippen molar-refractivity contribution >= 4 is 33.2 Å². The van der Waals surface area contributed by atoms with Crippen molar-refractivity contribution in [2.45, 2.75) is 17.7 Å². The number of hydrogen-bond donors (Lipinski definition) is 1. The molecule has 1 saturated heterocycles. The van der Waals surface area contributed by atoms with Crippen LogP contribution in [0.1, 0.15) is 12.8 Å². The maximum Gasteiger partial charge on any atom is 0.246 e. The van der Waals surface area contributed by atoms with Gasteiger partial charge in [0.05, 0.1) is 7.11 Å². The van der Waals surface area contributed by atoms with Gasteiger partial charge in [-0.05, 0) is 43.2 Å². The molecule has 0 bridgehead atoms. The zero-order valence-corrected chi connectivity index (χ0v) is 18.5. The van der Waals surface area contributed by atoms with Gasteiger partial charge < -0.3 is 19.5 Å². The Hall–Kier alpha value is -2.49. The van der Waals surface area contributed by atoms with Crippen LogP contribution in [-0.2, 0) is 14.8 Å². The summed E-state index contributed by atoms with van der Waals surface area (Å²) in [6.07, 6.45) is 0.830. The van der Waals surface area contributed by atoms with Gasteiger partial charge in [-0.1, -0.05) is 11.6 Å². The average molecular weight is 467 g/mol. The second kappa shape index (κ2) is 8.94. The van der Waals surface area contributed by atoms with Gasteiger partial charge in [-0.3, -0.25) is 4.79 Å². The van der Waals surface area contributed by atoms with Crippen molar-refractivity contribution in [2.75, 3.05) is 38.7 Å². The van der Waals surface area contributed by atoms with E-state index in [0.717, 1.165) is 0 Å². The number of nitrogens with one attached hydrogen (secondary N) is 1. The minimum Gasteiger partial charge on any atom is -0.495 e. The number of carbonyl (C=O) groups excluding carboxylic acids is 1. The van der Waals surface area contributed by atoms with E-state index in [4.69, 9.17) is 25.8 Å². The van der Waals surface area contributed by atoms with Crippen LogP contribution >= 0.6 is 11.6 Å². The van der Waals surface area contributed by atoms with Crippen LogP contribution in [0.15, 0.2) is 41.3 Å². The number of fused-ring (bicyclic) bond motifs is 1. The highest BCUT2D eigenvalue weighted by molar-refractivity contribution is 7.89. The number of benzene rings is 2. The number of amides is 1. The van der Waals surface area contributed by atoms with Crippen molar-refractivity contribution in [3.63, 3.8) is 0 Å². The first-order chi connectivity index (χ1) is 14.9. The van der Waals surface area contributed by atoms with Crippen LogP contribution in [0.5, 0.6) is 17.2 Å². The predicted octanol–water partition coefficient (Wildman–Crippen LogP) is 3.16. The van der Waals surface area contributed by atoms with Crippen molar-refractivity contribution in [3.8, 4) is 17.2 Å². The molecule has 0 aromatic heterocycles. The van der Waals surface area contributed by atoms with E-state index in [0.29, 0.717) is 48.3 Å². The highest BCUT2D eigenvalue weighted by Gasteiger charge is 2.34. The van der Waals surface area contributed by atoms with Gasteiger partial charge >= 0.3 is 0 Å². The molecule has 31 heavy (non-hydrogen) atoms. The molecule has 0 saturated carbocycles. The summed E-state index contributed by atoms with van der Waals surface area (Å²) >= 11 is 6.00. The van der Waals surface area contributed by atoms with Gasteiger partial charge in [0.1, 0.15) is 23.9 Å². The van der Waals surface area contributed by atoms with Gasteiger partial charge in [0.2, 0.25) is 15.9 Å². The molecule has 0 radical (unpaired) electrons. The van der Waals surface area contributed by atoms with Gasteiger partial charge in [-0.25, -0.2) is 8.42 Å². The first-order valence-corrected chi connectivity index (χ1v) is 11.7. The van der Waals surface area contributed by atoms with E-state index in [1.807, 2.05) is 0 Å². The molecule has 0 aliphatic carbocycles. The summed E-state index contributed by atoms with van der Waals surface area (Å²) in [6, 6.07) is 9.75. The van der Waals surface area contributed by atoms with Crippen LogP contribution in [-0.4, -0.2) is 52.0 Å². The maximum absolute atomic E-state index is 13.1. The monoisotopic (exact) mass is 466 g/mol. The smallest absolute Gasteiger partial charge is 0.246 e. The summed E-state index contributed by atoms with van der Waals surface area (Å²) in [5, 5.41) is 3.21. The van der Waals surface area contributed by atoms with Crippen molar-refractivity contribution in [3.05, 3.63) is 41.4 Å². The van der Waals surface area contributed by atoms with Crippen LogP contribution in [0, 0.1) is 5.92 Å². The van der Waals surface area contributed by atoms with Crippen molar-refractivity contribution in [1.82, 2.24) is 4.31 Å². The Morgan fingerprint density at radius 3 is 2.52 bits per heavy atom. The van der Waals surface area contributed by atoms with Gasteiger partial charge in [-0.15, -0.1) is 0 Å². The molecular formula is C21H23ClN2O6S. The molecule has 1 amide bonds. The van der Waals surface area contributed by atoms with E-state index in [1.165, 1.54) is 23.5 Å². The van der Waals surface area contributed by atoms with E-state index in [9.17, 15) is 13.2 Å². The fourth-order valence-electron chi connectivity index (χ4n) is 3.71. The lowest BCUT2D eigenvalue weighted by atomic mass is 9.97. The second-order valence-corrected chi connectivity index (χ2v) is 9.66. The minimum atomic E-state index is -3.78. The molecule has 1 fully saturated rings. The normalized spacial score (nSPS) is 17.2. The third kappa shape index (κ3) is 4.58. The van der Waals surface area contributed by atoms with Gasteiger partial charge in [0, 0.05) is 35.8 Å². The van der Waals surface area contributed by atoms with E-state index in [1.54, 1.807) is 24.3 Å². The molecule has 1 N–H and O–H groups in total. The standard InChI is InChI=1S/C21H23ClN2O6S/c1-28-18-4-2-15(22)12-20(18)31(26,27)24-8-6-14(7-9-24)21(25)23-16-3-5-17-19(13-16)30-11-10-29-17/h2-5,12-14H,6-11H2,1H3,(H,23,25). The molecule has 2 aromatic carbocycles. The average Bonchev–Trinajstić information content (AvgIpc) is 2.79. The molecule has 166 valence electrons. The van der Waals surface area contributed by atoms with Crippen LogP contribution < -0.4 is 19.5 Å². The zero-order valence-electron chi connectivity index (χ0n) is 17.0. The molecule has 10 heteroatoms. The molecule has 2 aromatic rings. The number of nitrogens with zero attached hydrogens (tertiary/aromatic N) is 1.